The summed E-state index contributed by atoms with van der Waals surface area (Å²) < 4.78 is 0. The lowest BCUT2D eigenvalue weighted by atomic mass is 9.51. The number of aliphatic hydroxyl groups is 1. The van der Waals surface area contributed by atoms with Crippen molar-refractivity contribution in [2.24, 2.45) is 59.2 Å². The zero-order chi connectivity index (χ0) is 22.8. The third-order valence-electron chi connectivity index (χ3n) is 12.2. The van der Waals surface area contributed by atoms with Crippen molar-refractivity contribution in [1.29, 1.82) is 0 Å². The molecule has 1 nitrogen and oxygen atoms in total. The Morgan fingerprint density at radius 1 is 0.606 bits per heavy atom. The van der Waals surface area contributed by atoms with Gasteiger partial charge in [-0.25, -0.2) is 0 Å². The molecule has 5 aliphatic rings. The molecule has 11 atom stereocenters. The zero-order valence-electron chi connectivity index (χ0n) is 22.2. The summed E-state index contributed by atoms with van der Waals surface area (Å²) in [6.07, 6.45) is 27.7. The van der Waals surface area contributed by atoms with Crippen molar-refractivity contribution < 1.29 is 5.11 Å². The predicted molar refractivity (Wildman–Crippen MR) is 140 cm³/mol. The Hall–Kier alpha value is -0.0400. The van der Waals surface area contributed by atoms with E-state index in [0.29, 0.717) is 5.92 Å². The number of hydrogen-bond acceptors (Lipinski definition) is 1. The van der Waals surface area contributed by atoms with Crippen LogP contribution in [0, 0.1) is 59.2 Å². The van der Waals surface area contributed by atoms with Gasteiger partial charge in [0, 0.05) is 0 Å². The van der Waals surface area contributed by atoms with E-state index in [4.69, 9.17) is 0 Å². The van der Waals surface area contributed by atoms with E-state index in [1.54, 1.807) is 12.8 Å². The van der Waals surface area contributed by atoms with Crippen molar-refractivity contribution in [1.82, 2.24) is 0 Å². The van der Waals surface area contributed by atoms with Crippen LogP contribution in [-0.4, -0.2) is 11.2 Å². The van der Waals surface area contributed by atoms with Crippen molar-refractivity contribution in [2.75, 3.05) is 0 Å². The molecule has 0 aliphatic heterocycles. The fourth-order valence-electron chi connectivity index (χ4n) is 10.7. The van der Waals surface area contributed by atoms with Crippen LogP contribution in [0.15, 0.2) is 0 Å². The van der Waals surface area contributed by atoms with Gasteiger partial charge < -0.3 is 5.11 Å². The molecule has 5 saturated carbocycles. The van der Waals surface area contributed by atoms with Crippen molar-refractivity contribution in [2.45, 2.75) is 142 Å². The highest BCUT2D eigenvalue weighted by molar-refractivity contribution is 4.99. The summed E-state index contributed by atoms with van der Waals surface area (Å²) in [5.41, 5.74) is 0. The van der Waals surface area contributed by atoms with Crippen molar-refractivity contribution in [3.63, 3.8) is 0 Å². The van der Waals surface area contributed by atoms with Crippen LogP contribution < -0.4 is 0 Å². The van der Waals surface area contributed by atoms with Gasteiger partial charge in [0.15, 0.2) is 0 Å². The summed E-state index contributed by atoms with van der Waals surface area (Å²) in [5.74, 6) is 9.50. The molecular weight excluding hydrogens is 400 g/mol. The second-order valence-corrected chi connectivity index (χ2v) is 13.7. The Morgan fingerprint density at radius 2 is 1.15 bits per heavy atom. The Balaban J connectivity index is 1.43. The van der Waals surface area contributed by atoms with Crippen LogP contribution in [0.2, 0.25) is 0 Å². The molecule has 5 fully saturated rings. The van der Waals surface area contributed by atoms with E-state index >= 15 is 0 Å². The Bertz CT molecular complexity index is 559. The predicted octanol–water partition coefficient (Wildman–Crippen LogP) is 9.03. The average Bonchev–Trinajstić information content (AvgIpc) is 2.85. The second-order valence-electron chi connectivity index (χ2n) is 13.7. The monoisotopic (exact) mass is 456 g/mol. The minimum absolute atomic E-state index is 0.0172. The average molecular weight is 457 g/mol. The third kappa shape index (κ3) is 5.24. The summed E-state index contributed by atoms with van der Waals surface area (Å²) >= 11 is 0. The minimum Gasteiger partial charge on any atom is -0.393 e. The molecule has 0 aromatic carbocycles. The van der Waals surface area contributed by atoms with Gasteiger partial charge in [-0.1, -0.05) is 84.5 Å². The van der Waals surface area contributed by atoms with Crippen LogP contribution in [-0.2, 0) is 0 Å². The van der Waals surface area contributed by atoms with Gasteiger partial charge in [0.05, 0.1) is 6.10 Å². The molecule has 5 rings (SSSR count). The first kappa shape index (κ1) is 24.6. The SMILES string of the molecule is CCCC1CCCCC1CC(C1CCC(C)C2CCCCC21)C1CCC(O)C2CCCCC21. The largest absolute Gasteiger partial charge is 0.393 e. The van der Waals surface area contributed by atoms with Gasteiger partial charge in [0.1, 0.15) is 0 Å². The van der Waals surface area contributed by atoms with Crippen molar-refractivity contribution in [3.05, 3.63) is 0 Å². The van der Waals surface area contributed by atoms with Gasteiger partial charge >= 0.3 is 0 Å². The minimum atomic E-state index is 0.0172. The normalized spacial score (nSPS) is 47.4. The Labute approximate surface area is 206 Å². The van der Waals surface area contributed by atoms with E-state index in [2.05, 4.69) is 13.8 Å². The highest BCUT2D eigenvalue weighted by atomic mass is 16.3. The van der Waals surface area contributed by atoms with E-state index in [0.717, 1.165) is 59.7 Å². The van der Waals surface area contributed by atoms with Gasteiger partial charge in [-0.05, 0) is 111 Å². The Morgan fingerprint density at radius 3 is 1.85 bits per heavy atom. The lowest BCUT2D eigenvalue weighted by Crippen LogP contribution is -2.48. The molecule has 1 N–H and O–H groups in total. The molecule has 190 valence electrons. The molecule has 0 spiro atoms. The second kappa shape index (κ2) is 11.3. The quantitative estimate of drug-likeness (QED) is 0.422. The molecule has 1 heteroatoms. The standard InChI is InChI=1S/C32H56O/c1-3-10-23-11-4-5-12-24(23)21-31(28-18-17-22(2)25-13-6-7-14-26(25)28)29-19-20-32(33)30-16-9-8-15-27(29)30/h22-33H,3-21H2,1-2H3. The fourth-order valence-corrected chi connectivity index (χ4v) is 10.7. The van der Waals surface area contributed by atoms with E-state index in [1.165, 1.54) is 103 Å². The van der Waals surface area contributed by atoms with E-state index in [1.807, 2.05) is 0 Å². The van der Waals surface area contributed by atoms with Crippen LogP contribution in [0.3, 0.4) is 0 Å². The van der Waals surface area contributed by atoms with Crippen LogP contribution in [0.5, 0.6) is 0 Å². The van der Waals surface area contributed by atoms with E-state index in [-0.39, 0.29) is 6.10 Å². The van der Waals surface area contributed by atoms with Gasteiger partial charge in [-0.15, -0.1) is 0 Å². The fraction of sp³-hybridized carbons (Fsp3) is 1.00. The van der Waals surface area contributed by atoms with Crippen LogP contribution >= 0.6 is 0 Å². The van der Waals surface area contributed by atoms with Crippen LogP contribution in [0.25, 0.3) is 0 Å². The van der Waals surface area contributed by atoms with Crippen LogP contribution in [0.1, 0.15) is 136 Å². The molecule has 5 aliphatic carbocycles. The third-order valence-corrected chi connectivity index (χ3v) is 12.2. The lowest BCUT2D eigenvalue weighted by Gasteiger charge is -2.54. The number of rotatable bonds is 6. The number of aliphatic hydroxyl groups excluding tert-OH is 1. The highest BCUT2D eigenvalue weighted by Crippen LogP contribution is 2.57. The summed E-state index contributed by atoms with van der Waals surface area (Å²) in [5, 5.41) is 11.0. The first-order valence-electron chi connectivity index (χ1n) is 15.8. The lowest BCUT2D eigenvalue weighted by molar-refractivity contribution is -0.0757. The summed E-state index contributed by atoms with van der Waals surface area (Å²) in [7, 11) is 0. The molecule has 0 saturated heterocycles. The van der Waals surface area contributed by atoms with Gasteiger partial charge in [0.2, 0.25) is 0 Å². The molecule has 0 aromatic rings. The topological polar surface area (TPSA) is 20.2 Å². The first-order chi connectivity index (χ1) is 16.2. The molecule has 0 bridgehead atoms. The molecule has 33 heavy (non-hydrogen) atoms. The molecular formula is C32H56O. The maximum absolute atomic E-state index is 11.0. The van der Waals surface area contributed by atoms with Gasteiger partial charge in [-0.2, -0.15) is 0 Å². The first-order valence-corrected chi connectivity index (χ1v) is 15.8. The molecule has 0 radical (unpaired) electrons. The number of fused-ring (bicyclic) bond motifs is 2. The van der Waals surface area contributed by atoms with Gasteiger partial charge in [-0.3, -0.25) is 0 Å². The summed E-state index contributed by atoms with van der Waals surface area (Å²) in [4.78, 5) is 0. The van der Waals surface area contributed by atoms with E-state index < -0.39 is 0 Å². The van der Waals surface area contributed by atoms with Gasteiger partial charge in [0.25, 0.3) is 0 Å². The van der Waals surface area contributed by atoms with E-state index in [9.17, 15) is 5.11 Å². The summed E-state index contributed by atoms with van der Waals surface area (Å²) in [6.45, 7) is 5.02. The van der Waals surface area contributed by atoms with Crippen LogP contribution in [0.4, 0.5) is 0 Å². The zero-order valence-corrected chi connectivity index (χ0v) is 22.2. The maximum atomic E-state index is 11.0. The molecule has 0 amide bonds. The molecule has 0 aromatic heterocycles. The maximum Gasteiger partial charge on any atom is 0.0571 e. The number of hydrogen-bond donors (Lipinski definition) is 1. The Kier molecular flexibility index (Phi) is 8.47. The molecule has 11 unspecified atom stereocenters. The van der Waals surface area contributed by atoms with Crippen molar-refractivity contribution in [3.8, 4) is 0 Å². The highest BCUT2D eigenvalue weighted by Gasteiger charge is 2.49. The summed E-state index contributed by atoms with van der Waals surface area (Å²) in [6, 6.07) is 0. The molecule has 0 heterocycles. The smallest absolute Gasteiger partial charge is 0.0571 e. The van der Waals surface area contributed by atoms with Crippen molar-refractivity contribution >= 4 is 0 Å².